The molecular weight excluding hydrogens is 491 g/mol. The minimum absolute atomic E-state index is 0.0310. The third-order valence-corrected chi connectivity index (χ3v) is 8.89. The number of fused-ring (bicyclic) bond motifs is 1. The predicted molar refractivity (Wildman–Crippen MR) is 137 cm³/mol. The molecule has 0 spiro atoms. The van der Waals surface area contributed by atoms with Gasteiger partial charge in [-0.3, -0.25) is 0 Å². The van der Waals surface area contributed by atoms with Crippen molar-refractivity contribution in [3.63, 3.8) is 0 Å². The van der Waals surface area contributed by atoms with Crippen LogP contribution in [0.5, 0.6) is 11.5 Å². The molecule has 0 aliphatic heterocycles. The van der Waals surface area contributed by atoms with Gasteiger partial charge in [-0.15, -0.1) is 0 Å². The summed E-state index contributed by atoms with van der Waals surface area (Å²) in [5.41, 5.74) is 4.13. The average molecular weight is 524 g/mol. The molecule has 0 saturated heterocycles. The van der Waals surface area contributed by atoms with Crippen molar-refractivity contribution in [2.45, 2.75) is 58.0 Å². The van der Waals surface area contributed by atoms with Gasteiger partial charge in [0.25, 0.3) is 0 Å². The zero-order valence-corrected chi connectivity index (χ0v) is 22.2. The molecule has 4 rings (SSSR count). The first-order valence-electron chi connectivity index (χ1n) is 11.6. The molecule has 0 unspecified atom stereocenters. The van der Waals surface area contributed by atoms with Crippen LogP contribution in [0.15, 0.2) is 60.7 Å². The fraction of sp³-hybridized carbons (Fsp3) is 0.345. The van der Waals surface area contributed by atoms with Gasteiger partial charge in [-0.2, -0.15) is 0 Å². The summed E-state index contributed by atoms with van der Waals surface area (Å²) in [4.78, 5) is 11.4. The number of carboxylic acid groups (broad SMARTS) is 1. The second kappa shape index (κ2) is 9.48. The first-order chi connectivity index (χ1) is 16.1. The summed E-state index contributed by atoms with van der Waals surface area (Å²) in [6.07, 6.45) is 2.24. The fourth-order valence-electron chi connectivity index (χ4n) is 4.63. The van der Waals surface area contributed by atoms with Crippen molar-refractivity contribution in [3.8, 4) is 11.5 Å². The monoisotopic (exact) mass is 524 g/mol. The van der Waals surface area contributed by atoms with Gasteiger partial charge in [0, 0.05) is 0 Å². The third-order valence-electron chi connectivity index (χ3n) is 6.73. The van der Waals surface area contributed by atoms with Gasteiger partial charge in [0.15, 0.2) is 0 Å². The maximum atomic E-state index is 11.4. The Balaban J connectivity index is 1.78. The first-order valence-corrected chi connectivity index (χ1v) is 13.3. The Labute approximate surface area is 208 Å². The summed E-state index contributed by atoms with van der Waals surface area (Å²) in [5, 5.41) is 9.35. The molecule has 3 aromatic rings. The number of carbonyl (C=O) groups is 1. The maximum absolute atomic E-state index is 11.4. The van der Waals surface area contributed by atoms with Crippen molar-refractivity contribution in [2.75, 3.05) is 7.11 Å². The molecule has 0 bridgehead atoms. The summed E-state index contributed by atoms with van der Waals surface area (Å²) >= 11 is -0.0695. The predicted octanol–water partition coefficient (Wildman–Crippen LogP) is 4.98. The number of hydrogen-bond donors (Lipinski definition) is 1. The number of hydrogen-bond acceptors (Lipinski definition) is 3. The van der Waals surface area contributed by atoms with Crippen molar-refractivity contribution in [3.05, 3.63) is 82.9 Å². The van der Waals surface area contributed by atoms with Crippen LogP contribution in [0.1, 0.15) is 67.6 Å². The van der Waals surface area contributed by atoms with E-state index in [1.165, 1.54) is 15.6 Å². The van der Waals surface area contributed by atoms with Crippen molar-refractivity contribution in [2.24, 2.45) is 0 Å². The zero-order valence-electron chi connectivity index (χ0n) is 20.5. The van der Waals surface area contributed by atoms with Gasteiger partial charge in [0.1, 0.15) is 0 Å². The van der Waals surface area contributed by atoms with Crippen molar-refractivity contribution in [1.82, 2.24) is 0 Å². The van der Waals surface area contributed by atoms with E-state index in [2.05, 4.69) is 52.0 Å². The Kier molecular flexibility index (Phi) is 6.80. The Bertz CT molecular complexity index is 1200. The summed E-state index contributed by atoms with van der Waals surface area (Å²) in [7, 11) is 1.59. The molecule has 3 aromatic carbocycles. The molecule has 0 heterocycles. The summed E-state index contributed by atoms with van der Waals surface area (Å²) in [6.45, 7) is 9.79. The van der Waals surface area contributed by atoms with Crippen LogP contribution in [0.25, 0.3) is 0 Å². The van der Waals surface area contributed by atoms with E-state index < -0.39 is 5.97 Å². The molecule has 34 heavy (non-hydrogen) atoms. The summed E-state index contributed by atoms with van der Waals surface area (Å²) in [6, 6.07) is 19.9. The quantitative estimate of drug-likeness (QED) is 0.444. The summed E-state index contributed by atoms with van der Waals surface area (Å²) in [5.74, 6) is 0.618. The number of aromatic carboxylic acids is 1. The van der Waals surface area contributed by atoms with E-state index in [0.29, 0.717) is 12.4 Å². The summed E-state index contributed by atoms with van der Waals surface area (Å²) < 4.78 is 14.3. The normalized spacial score (nSPS) is 15.9. The number of rotatable bonds is 7. The number of benzene rings is 3. The van der Waals surface area contributed by atoms with Crippen LogP contribution in [0, 0.1) is 0 Å². The third kappa shape index (κ3) is 5.01. The minimum atomic E-state index is -0.952. The molecule has 5 heteroatoms. The van der Waals surface area contributed by atoms with Crippen LogP contribution in [-0.4, -0.2) is 33.1 Å². The van der Waals surface area contributed by atoms with E-state index in [1.807, 2.05) is 24.3 Å². The second-order valence-electron chi connectivity index (χ2n) is 10.2. The molecule has 0 fully saturated rings. The fourth-order valence-corrected chi connectivity index (χ4v) is 6.67. The van der Waals surface area contributed by atoms with Crippen LogP contribution >= 0.6 is 0 Å². The Morgan fingerprint density at radius 2 is 1.65 bits per heavy atom. The van der Waals surface area contributed by atoms with Crippen LogP contribution in [0.3, 0.4) is 0 Å². The van der Waals surface area contributed by atoms with E-state index in [9.17, 15) is 9.90 Å². The molecule has 1 N–H and O–H groups in total. The van der Waals surface area contributed by atoms with Crippen LogP contribution in [-0.2, 0) is 17.4 Å². The topological polar surface area (TPSA) is 55.8 Å². The van der Waals surface area contributed by atoms with Gasteiger partial charge >= 0.3 is 209 Å². The van der Waals surface area contributed by atoms with Crippen LogP contribution < -0.4 is 18.4 Å². The zero-order chi connectivity index (χ0) is 24.5. The standard InChI is InChI=1S/C29H32O4Se/c1-28(2)13-14-29(3,4)26-22(28)16-21(17-24(26)33-18-19-9-7-6-8-10-19)34-25-12-11-20(27(30)31)15-23(25)32-5/h6-12,15-17H,13-14,18H2,1-5H3,(H,30,31). The molecule has 0 aromatic heterocycles. The van der Waals surface area contributed by atoms with Crippen molar-refractivity contribution >= 4 is 29.8 Å². The van der Waals surface area contributed by atoms with E-state index >= 15 is 0 Å². The van der Waals surface area contributed by atoms with Gasteiger partial charge in [0.2, 0.25) is 0 Å². The van der Waals surface area contributed by atoms with E-state index in [0.717, 1.165) is 28.6 Å². The molecular formula is C29H32O4Se. The van der Waals surface area contributed by atoms with Gasteiger partial charge < -0.3 is 0 Å². The Morgan fingerprint density at radius 3 is 2.32 bits per heavy atom. The number of ether oxygens (including phenoxy) is 2. The molecule has 0 radical (unpaired) electrons. The molecule has 1 aliphatic carbocycles. The van der Waals surface area contributed by atoms with E-state index in [-0.39, 0.29) is 31.4 Å². The molecule has 4 nitrogen and oxygen atoms in total. The SMILES string of the molecule is COc1cc(C(=O)O)ccc1[Se]c1cc(OCc2ccccc2)c2c(c1)C(C)(C)CCC2(C)C. The van der Waals surface area contributed by atoms with Crippen molar-refractivity contribution < 1.29 is 19.4 Å². The molecule has 1 aliphatic rings. The first kappa shape index (κ1) is 24.4. The van der Waals surface area contributed by atoms with Crippen LogP contribution in [0.2, 0.25) is 0 Å². The van der Waals surface area contributed by atoms with Gasteiger partial charge in [-0.05, 0) is 0 Å². The van der Waals surface area contributed by atoms with Crippen molar-refractivity contribution in [1.29, 1.82) is 0 Å². The van der Waals surface area contributed by atoms with Crippen LogP contribution in [0.4, 0.5) is 0 Å². The Morgan fingerprint density at radius 1 is 0.941 bits per heavy atom. The van der Waals surface area contributed by atoms with Gasteiger partial charge in [-0.1, -0.05) is 0 Å². The van der Waals surface area contributed by atoms with E-state index in [1.54, 1.807) is 19.2 Å². The Hall–Kier alpha value is -2.75. The number of carboxylic acids is 1. The average Bonchev–Trinajstić information content (AvgIpc) is 2.81. The molecule has 0 saturated carbocycles. The number of methoxy groups -OCH3 is 1. The van der Waals surface area contributed by atoms with Gasteiger partial charge in [0.05, 0.1) is 0 Å². The second-order valence-corrected chi connectivity index (χ2v) is 12.5. The van der Waals surface area contributed by atoms with Gasteiger partial charge in [-0.25, -0.2) is 0 Å². The molecule has 0 atom stereocenters. The van der Waals surface area contributed by atoms with E-state index in [4.69, 9.17) is 9.47 Å². The molecule has 0 amide bonds. The molecule has 178 valence electrons.